The lowest BCUT2D eigenvalue weighted by molar-refractivity contribution is 0.382. The molecule has 0 aliphatic rings. The molecule has 0 saturated carbocycles. The maximum atomic E-state index is 10.3. The van der Waals surface area contributed by atoms with E-state index in [1.807, 2.05) is 12.1 Å². The normalized spacial score (nSPS) is 10.4. The quantitative estimate of drug-likeness (QED) is 0.559. The number of hydrogen-bond donors (Lipinski definition) is 2. The smallest absolute Gasteiger partial charge is 0.193 e. The van der Waals surface area contributed by atoms with Gasteiger partial charge in [-0.15, -0.1) is 0 Å². The Hall–Kier alpha value is -2.56. The minimum atomic E-state index is -0.422. The van der Waals surface area contributed by atoms with Crippen molar-refractivity contribution in [2.45, 2.75) is 0 Å². The molecule has 0 heterocycles. The van der Waals surface area contributed by atoms with Crippen molar-refractivity contribution in [1.29, 1.82) is 0 Å². The molecule has 0 bridgehead atoms. The summed E-state index contributed by atoms with van der Waals surface area (Å²) in [7, 11) is 0. The number of phenolic OH excluding ortho intramolecular Hbond substituents is 2. The third kappa shape index (κ3) is 3.20. The lowest BCUT2D eigenvalue weighted by Gasteiger charge is -2.16. The van der Waals surface area contributed by atoms with Crippen LogP contribution in [0.3, 0.4) is 0 Å². The van der Waals surface area contributed by atoms with Gasteiger partial charge in [0.15, 0.2) is 23.0 Å². The molecular formula is C18H12Cl2O4. The van der Waals surface area contributed by atoms with E-state index in [1.54, 1.807) is 48.5 Å². The van der Waals surface area contributed by atoms with E-state index in [9.17, 15) is 10.2 Å². The van der Waals surface area contributed by atoms with Crippen LogP contribution in [-0.2, 0) is 0 Å². The second-order valence-electron chi connectivity index (χ2n) is 4.81. The fraction of sp³-hybridized carbons (Fsp3) is 0. The fourth-order valence-corrected chi connectivity index (χ4v) is 2.45. The highest BCUT2D eigenvalue weighted by Crippen LogP contribution is 2.54. The molecule has 2 N–H and O–H groups in total. The van der Waals surface area contributed by atoms with Crippen LogP contribution in [0.15, 0.2) is 60.7 Å². The van der Waals surface area contributed by atoms with Crippen LogP contribution in [0.4, 0.5) is 0 Å². The molecule has 0 spiro atoms. The molecule has 4 nitrogen and oxygen atoms in total. The number of ether oxygens (including phenoxy) is 2. The molecule has 0 atom stereocenters. The Morgan fingerprint density at radius 3 is 1.25 bits per heavy atom. The van der Waals surface area contributed by atoms with Crippen LogP contribution in [0.1, 0.15) is 0 Å². The van der Waals surface area contributed by atoms with Gasteiger partial charge < -0.3 is 19.7 Å². The molecule has 6 heteroatoms. The van der Waals surface area contributed by atoms with Crippen molar-refractivity contribution < 1.29 is 19.7 Å². The van der Waals surface area contributed by atoms with Crippen LogP contribution >= 0.6 is 23.2 Å². The van der Waals surface area contributed by atoms with Gasteiger partial charge in [-0.1, -0.05) is 59.6 Å². The van der Waals surface area contributed by atoms with Gasteiger partial charge in [0.2, 0.25) is 0 Å². The summed E-state index contributed by atoms with van der Waals surface area (Å²) in [6, 6.07) is 17.4. The lowest BCUT2D eigenvalue weighted by atomic mass is 10.2. The highest BCUT2D eigenvalue weighted by atomic mass is 35.5. The van der Waals surface area contributed by atoms with Gasteiger partial charge in [-0.05, 0) is 24.3 Å². The Labute approximate surface area is 148 Å². The first-order valence-electron chi connectivity index (χ1n) is 6.96. The number of rotatable bonds is 4. The zero-order valence-electron chi connectivity index (χ0n) is 12.2. The van der Waals surface area contributed by atoms with E-state index in [0.717, 1.165) is 0 Å². The molecule has 0 aliphatic heterocycles. The molecular weight excluding hydrogens is 351 g/mol. The summed E-state index contributed by atoms with van der Waals surface area (Å²) in [5.41, 5.74) is 0. The maximum absolute atomic E-state index is 10.3. The standard InChI is InChI=1S/C18H12Cl2O4/c19-13-16(22)18(24-12-9-5-2-6-10-12)14(20)15(21)17(13)23-11-7-3-1-4-8-11/h1-10,21-22H. The van der Waals surface area contributed by atoms with Crippen LogP contribution in [0.25, 0.3) is 0 Å². The second kappa shape index (κ2) is 6.91. The number of aromatic hydroxyl groups is 2. The van der Waals surface area contributed by atoms with E-state index in [0.29, 0.717) is 11.5 Å². The van der Waals surface area contributed by atoms with Crippen molar-refractivity contribution >= 4 is 23.2 Å². The van der Waals surface area contributed by atoms with Crippen LogP contribution in [0, 0.1) is 0 Å². The third-order valence-electron chi connectivity index (χ3n) is 3.17. The van der Waals surface area contributed by atoms with Crippen LogP contribution < -0.4 is 9.47 Å². The highest BCUT2D eigenvalue weighted by Gasteiger charge is 2.25. The van der Waals surface area contributed by atoms with Gasteiger partial charge in [-0.25, -0.2) is 0 Å². The molecule has 122 valence electrons. The Bertz CT molecular complexity index is 750. The number of hydrogen-bond acceptors (Lipinski definition) is 4. The predicted octanol–water partition coefficient (Wildman–Crippen LogP) is 5.99. The largest absolute Gasteiger partial charge is 0.503 e. The predicted molar refractivity (Wildman–Crippen MR) is 92.8 cm³/mol. The molecule has 0 saturated heterocycles. The van der Waals surface area contributed by atoms with Crippen LogP contribution in [0.2, 0.25) is 10.0 Å². The fourth-order valence-electron chi connectivity index (χ4n) is 2.02. The monoisotopic (exact) mass is 362 g/mol. The van der Waals surface area contributed by atoms with Crippen molar-refractivity contribution in [3.05, 3.63) is 70.7 Å². The van der Waals surface area contributed by atoms with Crippen LogP contribution in [0.5, 0.6) is 34.5 Å². The van der Waals surface area contributed by atoms with Gasteiger partial charge in [0.25, 0.3) is 0 Å². The van der Waals surface area contributed by atoms with Gasteiger partial charge in [0.05, 0.1) is 0 Å². The molecule has 0 amide bonds. The average molecular weight is 363 g/mol. The van der Waals surface area contributed by atoms with Gasteiger partial charge in [-0.3, -0.25) is 0 Å². The summed E-state index contributed by atoms with van der Waals surface area (Å²) in [5.74, 6) is -0.274. The summed E-state index contributed by atoms with van der Waals surface area (Å²) < 4.78 is 11.0. The number of para-hydroxylation sites is 2. The van der Waals surface area contributed by atoms with Crippen molar-refractivity contribution in [3.63, 3.8) is 0 Å². The molecule has 3 aromatic rings. The van der Waals surface area contributed by atoms with E-state index in [-0.39, 0.29) is 21.5 Å². The molecule has 0 aliphatic carbocycles. The summed E-state index contributed by atoms with van der Waals surface area (Å²) in [5, 5.41) is 20.2. The first-order valence-corrected chi connectivity index (χ1v) is 7.72. The zero-order valence-corrected chi connectivity index (χ0v) is 13.8. The van der Waals surface area contributed by atoms with E-state index in [4.69, 9.17) is 32.7 Å². The zero-order chi connectivity index (χ0) is 17.1. The molecule has 3 rings (SSSR count). The molecule has 3 aromatic carbocycles. The minimum absolute atomic E-state index is 0.147. The van der Waals surface area contributed by atoms with Gasteiger partial charge in [0, 0.05) is 0 Å². The first-order chi connectivity index (χ1) is 11.6. The molecule has 0 aromatic heterocycles. The minimum Gasteiger partial charge on any atom is -0.503 e. The van der Waals surface area contributed by atoms with Crippen molar-refractivity contribution in [2.24, 2.45) is 0 Å². The van der Waals surface area contributed by atoms with E-state index in [2.05, 4.69) is 0 Å². The van der Waals surface area contributed by atoms with Gasteiger partial charge in [-0.2, -0.15) is 0 Å². The van der Waals surface area contributed by atoms with Crippen molar-refractivity contribution in [1.82, 2.24) is 0 Å². The lowest BCUT2D eigenvalue weighted by Crippen LogP contribution is -1.92. The number of benzene rings is 3. The Balaban J connectivity index is 2.02. The van der Waals surface area contributed by atoms with E-state index in [1.165, 1.54) is 0 Å². The maximum Gasteiger partial charge on any atom is 0.193 e. The number of phenols is 2. The summed E-state index contributed by atoms with van der Waals surface area (Å²) in [4.78, 5) is 0. The SMILES string of the molecule is Oc1c(Cl)c(Oc2ccccc2)c(O)c(Cl)c1Oc1ccccc1. The van der Waals surface area contributed by atoms with E-state index >= 15 is 0 Å². The Morgan fingerprint density at radius 2 is 0.917 bits per heavy atom. The Kier molecular flexibility index (Phi) is 4.69. The average Bonchev–Trinajstić information content (AvgIpc) is 2.62. The second-order valence-corrected chi connectivity index (χ2v) is 5.57. The number of halogens is 2. The van der Waals surface area contributed by atoms with Crippen molar-refractivity contribution in [3.8, 4) is 34.5 Å². The molecule has 0 fully saturated rings. The van der Waals surface area contributed by atoms with Gasteiger partial charge >= 0.3 is 0 Å². The molecule has 0 unspecified atom stereocenters. The summed E-state index contributed by atoms with van der Waals surface area (Å²) in [6.07, 6.45) is 0. The topological polar surface area (TPSA) is 58.9 Å². The summed E-state index contributed by atoms with van der Waals surface area (Å²) >= 11 is 12.2. The summed E-state index contributed by atoms with van der Waals surface area (Å²) in [6.45, 7) is 0. The van der Waals surface area contributed by atoms with Crippen LogP contribution in [-0.4, -0.2) is 10.2 Å². The molecule has 0 radical (unpaired) electrons. The van der Waals surface area contributed by atoms with E-state index < -0.39 is 11.5 Å². The van der Waals surface area contributed by atoms with Crippen molar-refractivity contribution in [2.75, 3.05) is 0 Å². The first kappa shape index (κ1) is 16.3. The van der Waals surface area contributed by atoms with Gasteiger partial charge in [0.1, 0.15) is 21.5 Å². The Morgan fingerprint density at radius 1 is 0.583 bits per heavy atom. The molecule has 24 heavy (non-hydrogen) atoms. The third-order valence-corrected chi connectivity index (χ3v) is 3.87. The highest BCUT2D eigenvalue weighted by molar-refractivity contribution is 6.38.